The normalized spacial score (nSPS) is 15.7. The second-order valence-corrected chi connectivity index (χ2v) is 8.73. The first-order valence-corrected chi connectivity index (χ1v) is 11.7. The lowest BCUT2D eigenvalue weighted by Crippen LogP contribution is -2.27. The number of unbranched alkanes of at least 4 members (excludes halogenated alkanes) is 1. The van der Waals surface area contributed by atoms with Crippen LogP contribution in [0, 0.1) is 17.2 Å². The van der Waals surface area contributed by atoms with Crippen LogP contribution >= 0.6 is 0 Å². The number of rotatable bonds is 11. The van der Waals surface area contributed by atoms with Gasteiger partial charge in [0.25, 0.3) is 0 Å². The molecule has 170 valence electrons. The van der Waals surface area contributed by atoms with E-state index in [0.717, 1.165) is 69.7 Å². The standard InChI is InChI=1S/C27H31N5O/c28-16-22-9-11-24(12-10-22)20-32-21-30-18-26(32)17-29-14-5-4-8-25-13-15-31(27(25)33)19-23-6-2-1-3-7-23/h1-3,6-7,9-12,18,21,25,29H,4-5,8,13-15,17,19-20H2/t25-/m1/s1. The summed E-state index contributed by atoms with van der Waals surface area (Å²) in [4.78, 5) is 19.0. The van der Waals surface area contributed by atoms with Gasteiger partial charge in [-0.25, -0.2) is 4.98 Å². The van der Waals surface area contributed by atoms with Gasteiger partial charge in [0.2, 0.25) is 5.91 Å². The molecule has 0 aliphatic carbocycles. The molecular formula is C27H31N5O. The van der Waals surface area contributed by atoms with Crippen molar-refractivity contribution in [1.29, 1.82) is 5.26 Å². The van der Waals surface area contributed by atoms with Crippen LogP contribution in [0.2, 0.25) is 0 Å². The SMILES string of the molecule is N#Cc1ccc(Cn2cncc2CNCCCC[C@@H]2CCN(Cc3ccccc3)C2=O)cc1. The highest BCUT2D eigenvalue weighted by Crippen LogP contribution is 2.24. The van der Waals surface area contributed by atoms with Gasteiger partial charge in [-0.3, -0.25) is 4.79 Å². The first-order chi connectivity index (χ1) is 16.2. The zero-order valence-electron chi connectivity index (χ0n) is 19.0. The molecule has 1 amide bonds. The minimum Gasteiger partial charge on any atom is -0.338 e. The van der Waals surface area contributed by atoms with Crippen molar-refractivity contribution in [3.63, 3.8) is 0 Å². The lowest BCUT2D eigenvalue weighted by atomic mass is 10.0. The first kappa shape index (κ1) is 22.8. The molecule has 1 aliphatic rings. The number of likely N-dealkylation sites (tertiary alicyclic amines) is 1. The van der Waals surface area contributed by atoms with Crippen molar-refractivity contribution in [1.82, 2.24) is 19.8 Å². The lowest BCUT2D eigenvalue weighted by molar-refractivity contribution is -0.131. The molecule has 0 unspecified atom stereocenters. The Morgan fingerprint density at radius 1 is 1.03 bits per heavy atom. The van der Waals surface area contributed by atoms with Gasteiger partial charge >= 0.3 is 0 Å². The maximum atomic E-state index is 12.7. The second kappa shape index (κ2) is 11.4. The highest BCUT2D eigenvalue weighted by molar-refractivity contribution is 5.80. The van der Waals surface area contributed by atoms with Crippen molar-refractivity contribution in [2.75, 3.05) is 13.1 Å². The molecule has 1 fully saturated rings. The molecule has 1 N–H and O–H groups in total. The number of aromatic nitrogens is 2. The van der Waals surface area contributed by atoms with E-state index in [4.69, 9.17) is 5.26 Å². The number of hydrogen-bond acceptors (Lipinski definition) is 4. The number of imidazole rings is 1. The highest BCUT2D eigenvalue weighted by Gasteiger charge is 2.30. The van der Waals surface area contributed by atoms with E-state index < -0.39 is 0 Å². The molecule has 1 atom stereocenters. The van der Waals surface area contributed by atoms with Crippen LogP contribution in [0.4, 0.5) is 0 Å². The molecule has 0 spiro atoms. The van der Waals surface area contributed by atoms with Crippen LogP contribution in [0.1, 0.15) is 48.1 Å². The molecule has 0 radical (unpaired) electrons. The predicted molar refractivity (Wildman–Crippen MR) is 128 cm³/mol. The molecule has 6 nitrogen and oxygen atoms in total. The van der Waals surface area contributed by atoms with Crippen LogP contribution in [-0.4, -0.2) is 33.4 Å². The summed E-state index contributed by atoms with van der Waals surface area (Å²) < 4.78 is 2.13. The Bertz CT molecular complexity index is 1070. The number of benzene rings is 2. The van der Waals surface area contributed by atoms with Crippen LogP contribution in [0.5, 0.6) is 0 Å². The molecule has 1 aliphatic heterocycles. The van der Waals surface area contributed by atoms with Gasteiger partial charge in [0.15, 0.2) is 0 Å². The monoisotopic (exact) mass is 441 g/mol. The minimum absolute atomic E-state index is 0.183. The van der Waals surface area contributed by atoms with Crippen LogP contribution in [0.3, 0.4) is 0 Å². The van der Waals surface area contributed by atoms with Gasteiger partial charge < -0.3 is 14.8 Å². The quantitative estimate of drug-likeness (QED) is 0.455. The molecule has 1 aromatic heterocycles. The summed E-state index contributed by atoms with van der Waals surface area (Å²) >= 11 is 0. The van der Waals surface area contributed by atoms with Gasteiger partial charge in [-0.15, -0.1) is 0 Å². The molecule has 2 heterocycles. The van der Waals surface area contributed by atoms with E-state index in [1.54, 1.807) is 0 Å². The van der Waals surface area contributed by atoms with E-state index in [-0.39, 0.29) is 5.92 Å². The molecule has 3 aromatic rings. The number of nitrogens with one attached hydrogen (secondary N) is 1. The maximum Gasteiger partial charge on any atom is 0.226 e. The predicted octanol–water partition coefficient (Wildman–Crippen LogP) is 4.11. The Balaban J connectivity index is 1.14. The third-order valence-corrected chi connectivity index (χ3v) is 6.32. The van der Waals surface area contributed by atoms with E-state index in [1.165, 1.54) is 5.56 Å². The van der Waals surface area contributed by atoms with E-state index in [1.807, 2.05) is 59.9 Å². The van der Waals surface area contributed by atoms with Crippen molar-refractivity contribution >= 4 is 5.91 Å². The fourth-order valence-electron chi connectivity index (χ4n) is 4.41. The maximum absolute atomic E-state index is 12.7. The van der Waals surface area contributed by atoms with E-state index in [2.05, 4.69) is 33.1 Å². The Morgan fingerprint density at radius 2 is 1.82 bits per heavy atom. The van der Waals surface area contributed by atoms with Crippen molar-refractivity contribution in [2.24, 2.45) is 5.92 Å². The molecule has 6 heteroatoms. The van der Waals surface area contributed by atoms with Crippen molar-refractivity contribution in [2.45, 2.75) is 45.3 Å². The third kappa shape index (κ3) is 6.30. The second-order valence-electron chi connectivity index (χ2n) is 8.73. The fourth-order valence-corrected chi connectivity index (χ4v) is 4.41. The van der Waals surface area contributed by atoms with Crippen LogP contribution in [-0.2, 0) is 24.4 Å². The van der Waals surface area contributed by atoms with Crippen LogP contribution in [0.15, 0.2) is 67.1 Å². The molecule has 1 saturated heterocycles. The van der Waals surface area contributed by atoms with Gasteiger partial charge in [-0.05, 0) is 49.1 Å². The molecule has 0 bridgehead atoms. The number of amides is 1. The average molecular weight is 442 g/mol. The van der Waals surface area contributed by atoms with Crippen molar-refractivity contribution in [3.05, 3.63) is 89.5 Å². The number of carbonyl (C=O) groups is 1. The Hall–Kier alpha value is -3.43. The van der Waals surface area contributed by atoms with Crippen LogP contribution < -0.4 is 5.32 Å². The lowest BCUT2D eigenvalue weighted by Gasteiger charge is -2.17. The Kier molecular flexibility index (Phi) is 7.89. The number of nitrogens with zero attached hydrogens (tertiary/aromatic N) is 4. The molecule has 4 rings (SSSR count). The van der Waals surface area contributed by atoms with Gasteiger partial charge in [0, 0.05) is 38.3 Å². The summed E-state index contributed by atoms with van der Waals surface area (Å²) in [7, 11) is 0. The van der Waals surface area contributed by atoms with E-state index in [9.17, 15) is 4.79 Å². The van der Waals surface area contributed by atoms with Crippen molar-refractivity contribution < 1.29 is 4.79 Å². The van der Waals surface area contributed by atoms with Gasteiger partial charge in [-0.2, -0.15) is 5.26 Å². The topological polar surface area (TPSA) is 74.0 Å². The number of nitriles is 1. The molecule has 0 saturated carbocycles. The number of hydrogen-bond donors (Lipinski definition) is 1. The van der Waals surface area contributed by atoms with Gasteiger partial charge in [0.1, 0.15) is 0 Å². The molecule has 33 heavy (non-hydrogen) atoms. The van der Waals surface area contributed by atoms with E-state index >= 15 is 0 Å². The summed E-state index contributed by atoms with van der Waals surface area (Å²) in [6.07, 6.45) is 7.83. The third-order valence-electron chi connectivity index (χ3n) is 6.32. The summed E-state index contributed by atoms with van der Waals surface area (Å²) in [6.45, 7) is 4.04. The summed E-state index contributed by atoms with van der Waals surface area (Å²) in [5, 5.41) is 12.4. The zero-order chi connectivity index (χ0) is 22.9. The summed E-state index contributed by atoms with van der Waals surface area (Å²) in [5.74, 6) is 0.501. The summed E-state index contributed by atoms with van der Waals surface area (Å²) in [6, 6.07) is 20.1. The van der Waals surface area contributed by atoms with Crippen molar-refractivity contribution in [3.8, 4) is 6.07 Å². The Morgan fingerprint density at radius 3 is 2.61 bits per heavy atom. The fraction of sp³-hybridized carbons (Fsp3) is 0.370. The van der Waals surface area contributed by atoms with E-state index in [0.29, 0.717) is 11.5 Å². The minimum atomic E-state index is 0.183. The summed E-state index contributed by atoms with van der Waals surface area (Å²) in [5.41, 5.74) is 4.17. The number of carbonyl (C=O) groups excluding carboxylic acids is 1. The Labute approximate surface area is 195 Å². The van der Waals surface area contributed by atoms with Crippen LogP contribution in [0.25, 0.3) is 0 Å². The first-order valence-electron chi connectivity index (χ1n) is 11.7. The highest BCUT2D eigenvalue weighted by atomic mass is 16.2. The largest absolute Gasteiger partial charge is 0.338 e. The molecular weight excluding hydrogens is 410 g/mol. The van der Waals surface area contributed by atoms with Gasteiger partial charge in [-0.1, -0.05) is 48.9 Å². The average Bonchev–Trinajstić information content (AvgIpc) is 3.43. The smallest absolute Gasteiger partial charge is 0.226 e. The molecule has 2 aromatic carbocycles. The van der Waals surface area contributed by atoms with Gasteiger partial charge in [0.05, 0.1) is 23.7 Å². The zero-order valence-corrected chi connectivity index (χ0v) is 19.0.